The molecule has 3 rings (SSSR count). The lowest BCUT2D eigenvalue weighted by Crippen LogP contribution is -2.35. The first-order valence-electron chi connectivity index (χ1n) is 9.15. The van der Waals surface area contributed by atoms with Gasteiger partial charge in [0, 0.05) is 24.0 Å². The van der Waals surface area contributed by atoms with Gasteiger partial charge in [0.25, 0.3) is 0 Å². The van der Waals surface area contributed by atoms with E-state index in [2.05, 4.69) is 27.3 Å². The van der Waals surface area contributed by atoms with Gasteiger partial charge in [0.05, 0.1) is 12.8 Å². The molecule has 7 heteroatoms. The fourth-order valence-electron chi connectivity index (χ4n) is 3.17. The molecule has 0 saturated carbocycles. The standard InChI is InChI=1S/C19H27N5OS/c1-15-6-4-9-24(13-15)10-5-11-25-17-8-3-2-7-16(17)12-21-23-19-22-18(20)14-26-19/h2-3,7-8,12,14-15H,4-6,9-11,13,20H2,1H3,(H,22,23). The summed E-state index contributed by atoms with van der Waals surface area (Å²) in [5.74, 6) is 2.17. The Labute approximate surface area is 159 Å². The van der Waals surface area contributed by atoms with Crippen LogP contribution >= 0.6 is 11.3 Å². The van der Waals surface area contributed by atoms with Gasteiger partial charge in [0.1, 0.15) is 11.6 Å². The maximum absolute atomic E-state index is 5.98. The third-order valence-corrected chi connectivity index (χ3v) is 5.19. The summed E-state index contributed by atoms with van der Waals surface area (Å²) < 4.78 is 5.98. The van der Waals surface area contributed by atoms with Crippen molar-refractivity contribution in [2.24, 2.45) is 11.0 Å². The third-order valence-electron chi connectivity index (χ3n) is 4.42. The summed E-state index contributed by atoms with van der Waals surface area (Å²) in [6.07, 6.45) is 5.47. The first-order chi connectivity index (χ1) is 12.7. The molecule has 3 N–H and O–H groups in total. The van der Waals surface area contributed by atoms with Crippen LogP contribution in [0.2, 0.25) is 0 Å². The topological polar surface area (TPSA) is 75.8 Å². The van der Waals surface area contributed by atoms with E-state index >= 15 is 0 Å². The Hall–Kier alpha value is -2.12. The quantitative estimate of drug-likeness (QED) is 0.419. The molecule has 140 valence electrons. The lowest BCUT2D eigenvalue weighted by molar-refractivity contribution is 0.170. The summed E-state index contributed by atoms with van der Waals surface area (Å²) in [5.41, 5.74) is 9.43. The van der Waals surface area contributed by atoms with Crippen molar-refractivity contribution in [1.29, 1.82) is 0 Å². The number of rotatable bonds is 8. The highest BCUT2D eigenvalue weighted by Crippen LogP contribution is 2.19. The van der Waals surface area contributed by atoms with Crippen LogP contribution < -0.4 is 15.9 Å². The Balaban J connectivity index is 1.46. The fraction of sp³-hybridized carbons (Fsp3) is 0.474. The minimum Gasteiger partial charge on any atom is -0.493 e. The molecule has 26 heavy (non-hydrogen) atoms. The van der Waals surface area contributed by atoms with Crippen LogP contribution in [0.1, 0.15) is 31.7 Å². The number of hydrogen-bond donors (Lipinski definition) is 2. The Morgan fingerprint density at radius 2 is 2.35 bits per heavy atom. The number of nitrogen functional groups attached to an aromatic ring is 1. The van der Waals surface area contributed by atoms with Gasteiger partial charge < -0.3 is 15.4 Å². The smallest absolute Gasteiger partial charge is 0.205 e. The van der Waals surface area contributed by atoms with Crippen molar-refractivity contribution in [2.45, 2.75) is 26.2 Å². The van der Waals surface area contributed by atoms with Gasteiger partial charge >= 0.3 is 0 Å². The Bertz CT molecular complexity index is 717. The summed E-state index contributed by atoms with van der Waals surface area (Å²) >= 11 is 1.42. The summed E-state index contributed by atoms with van der Waals surface area (Å²) in [7, 11) is 0. The normalized spacial score (nSPS) is 18.3. The SMILES string of the molecule is CC1CCCN(CCCOc2ccccc2C=NNc2nc(N)cs2)C1. The van der Waals surface area contributed by atoms with E-state index in [4.69, 9.17) is 10.5 Å². The van der Waals surface area contributed by atoms with Crippen molar-refractivity contribution >= 4 is 28.5 Å². The lowest BCUT2D eigenvalue weighted by atomic mass is 10.0. The fourth-order valence-corrected chi connectivity index (χ4v) is 3.72. The maximum atomic E-state index is 5.98. The Morgan fingerprint density at radius 1 is 1.46 bits per heavy atom. The van der Waals surface area contributed by atoms with Gasteiger partial charge in [0.15, 0.2) is 0 Å². The highest BCUT2D eigenvalue weighted by molar-refractivity contribution is 7.14. The average molecular weight is 374 g/mol. The molecule has 1 aliphatic rings. The molecule has 0 aliphatic carbocycles. The summed E-state index contributed by atoms with van der Waals surface area (Å²) in [5, 5.41) is 6.67. The second kappa shape index (κ2) is 9.54. The number of hydrazone groups is 1. The number of ether oxygens (including phenoxy) is 1. The predicted molar refractivity (Wildman–Crippen MR) is 109 cm³/mol. The monoisotopic (exact) mass is 373 g/mol. The van der Waals surface area contributed by atoms with Gasteiger partial charge in [0.2, 0.25) is 5.13 Å². The zero-order valence-corrected chi connectivity index (χ0v) is 16.0. The highest BCUT2D eigenvalue weighted by Gasteiger charge is 2.15. The van der Waals surface area contributed by atoms with Crippen molar-refractivity contribution in [1.82, 2.24) is 9.88 Å². The lowest BCUT2D eigenvalue weighted by Gasteiger charge is -2.30. The van der Waals surface area contributed by atoms with E-state index in [9.17, 15) is 0 Å². The number of nitrogens with zero attached hydrogens (tertiary/aromatic N) is 3. The van der Waals surface area contributed by atoms with Crippen molar-refractivity contribution in [3.8, 4) is 5.75 Å². The number of benzene rings is 1. The molecule has 1 atom stereocenters. The molecule has 1 fully saturated rings. The molecule has 1 aromatic carbocycles. The van der Waals surface area contributed by atoms with E-state index < -0.39 is 0 Å². The van der Waals surface area contributed by atoms with Gasteiger partial charge in [-0.1, -0.05) is 19.1 Å². The van der Waals surface area contributed by atoms with Crippen molar-refractivity contribution in [2.75, 3.05) is 37.4 Å². The molecule has 2 heterocycles. The minimum absolute atomic E-state index is 0.500. The number of nitrogens with one attached hydrogen (secondary N) is 1. The van der Waals surface area contributed by atoms with E-state index in [1.165, 1.54) is 37.3 Å². The highest BCUT2D eigenvalue weighted by atomic mass is 32.1. The summed E-state index contributed by atoms with van der Waals surface area (Å²) in [6.45, 7) is 6.60. The number of thiazole rings is 1. The Morgan fingerprint density at radius 3 is 3.15 bits per heavy atom. The van der Waals surface area contributed by atoms with E-state index in [0.29, 0.717) is 17.6 Å². The molecule has 0 spiro atoms. The molecule has 6 nitrogen and oxygen atoms in total. The number of para-hydroxylation sites is 1. The first-order valence-corrected chi connectivity index (χ1v) is 10.0. The maximum Gasteiger partial charge on any atom is 0.205 e. The molecule has 0 amide bonds. The zero-order valence-electron chi connectivity index (χ0n) is 15.2. The van der Waals surface area contributed by atoms with Gasteiger partial charge in [-0.05, 0) is 43.9 Å². The van der Waals surface area contributed by atoms with Crippen LogP contribution in [-0.2, 0) is 0 Å². The third kappa shape index (κ3) is 5.71. The first kappa shape index (κ1) is 18.7. The van der Waals surface area contributed by atoms with Crippen LogP contribution in [0.15, 0.2) is 34.7 Å². The predicted octanol–water partition coefficient (Wildman–Crippen LogP) is 3.67. The second-order valence-corrected chi connectivity index (χ2v) is 7.59. The average Bonchev–Trinajstić information content (AvgIpc) is 3.05. The van der Waals surface area contributed by atoms with Crippen LogP contribution in [0.3, 0.4) is 0 Å². The van der Waals surface area contributed by atoms with Crippen LogP contribution in [0.25, 0.3) is 0 Å². The van der Waals surface area contributed by atoms with E-state index in [1.807, 2.05) is 24.3 Å². The van der Waals surface area contributed by atoms with Gasteiger partial charge in [-0.15, -0.1) is 11.3 Å². The molecule has 2 aromatic rings. The number of hydrogen-bond acceptors (Lipinski definition) is 7. The van der Waals surface area contributed by atoms with Crippen molar-refractivity contribution < 1.29 is 4.74 Å². The number of nitrogens with two attached hydrogens (primary N) is 1. The van der Waals surface area contributed by atoms with Crippen LogP contribution in [-0.4, -0.2) is 42.3 Å². The molecular weight excluding hydrogens is 346 g/mol. The number of anilines is 2. The van der Waals surface area contributed by atoms with Crippen LogP contribution in [0, 0.1) is 5.92 Å². The molecule has 0 bridgehead atoms. The minimum atomic E-state index is 0.500. The van der Waals surface area contributed by atoms with Gasteiger partial charge in [-0.25, -0.2) is 4.98 Å². The number of aromatic nitrogens is 1. The van der Waals surface area contributed by atoms with Gasteiger partial charge in [-0.3, -0.25) is 5.43 Å². The van der Waals surface area contributed by atoms with E-state index in [1.54, 1.807) is 11.6 Å². The van der Waals surface area contributed by atoms with E-state index in [0.717, 1.165) is 30.2 Å². The summed E-state index contributed by atoms with van der Waals surface area (Å²) in [4.78, 5) is 6.66. The molecule has 1 aromatic heterocycles. The van der Waals surface area contributed by atoms with Crippen molar-refractivity contribution in [3.63, 3.8) is 0 Å². The van der Waals surface area contributed by atoms with Crippen molar-refractivity contribution in [3.05, 3.63) is 35.2 Å². The van der Waals surface area contributed by atoms with E-state index in [-0.39, 0.29) is 0 Å². The van der Waals surface area contributed by atoms with Crippen LogP contribution in [0.4, 0.5) is 10.9 Å². The molecule has 0 radical (unpaired) electrons. The zero-order chi connectivity index (χ0) is 18.2. The molecular formula is C19H27N5OS. The molecule has 1 aliphatic heterocycles. The second-order valence-electron chi connectivity index (χ2n) is 6.74. The van der Waals surface area contributed by atoms with Gasteiger partial charge in [-0.2, -0.15) is 5.10 Å². The Kier molecular flexibility index (Phi) is 6.85. The largest absolute Gasteiger partial charge is 0.493 e. The molecule has 1 saturated heterocycles. The van der Waals surface area contributed by atoms with Crippen LogP contribution in [0.5, 0.6) is 5.75 Å². The summed E-state index contributed by atoms with van der Waals surface area (Å²) in [6, 6.07) is 7.92. The molecule has 1 unspecified atom stereocenters. The number of likely N-dealkylation sites (tertiary alicyclic amines) is 1. The number of piperidine rings is 1.